The predicted molar refractivity (Wildman–Crippen MR) is 71.6 cm³/mol. The van der Waals surface area contributed by atoms with Gasteiger partial charge in [-0.05, 0) is 26.7 Å². The van der Waals surface area contributed by atoms with E-state index in [4.69, 9.17) is 19.7 Å². The quantitative estimate of drug-likeness (QED) is 0.370. The smallest absolute Gasteiger partial charge is 0.314 e. The zero-order valence-corrected chi connectivity index (χ0v) is 12.3. The fourth-order valence-corrected chi connectivity index (χ4v) is 1.13. The summed E-state index contributed by atoms with van der Waals surface area (Å²) in [6, 6.07) is 0. The van der Waals surface area contributed by atoms with E-state index in [0.29, 0.717) is 38.9 Å². The second-order valence-electron chi connectivity index (χ2n) is 3.78. The molecule has 8 nitrogen and oxygen atoms in total. The van der Waals surface area contributed by atoms with Gasteiger partial charge in [-0.3, -0.25) is 19.2 Å². The Balaban J connectivity index is 0. The molecule has 2 N–H and O–H groups in total. The maximum atomic E-state index is 10.9. The Labute approximate surface area is 123 Å². The number of carbonyl (C=O) groups is 4. The summed E-state index contributed by atoms with van der Waals surface area (Å²) in [5.74, 6) is -3.02. The van der Waals surface area contributed by atoms with Crippen LogP contribution < -0.4 is 0 Å². The van der Waals surface area contributed by atoms with E-state index < -0.39 is 18.4 Å². The van der Waals surface area contributed by atoms with Gasteiger partial charge in [-0.1, -0.05) is 0 Å². The summed E-state index contributed by atoms with van der Waals surface area (Å²) >= 11 is 0. The average Bonchev–Trinajstić information content (AvgIpc) is 2.34. The summed E-state index contributed by atoms with van der Waals surface area (Å²) in [6.07, 6.45) is 1.32. The van der Waals surface area contributed by atoms with Crippen LogP contribution in [0.2, 0.25) is 0 Å². The number of carbonyl (C=O) groups excluding carboxylic acids is 2. The molecule has 0 unspecified atom stereocenters. The summed E-state index contributed by atoms with van der Waals surface area (Å²) in [7, 11) is 0. The first kappa shape index (κ1) is 21.2. The Morgan fingerprint density at radius 1 is 0.762 bits per heavy atom. The SMILES string of the molecule is CCOC(=O)CCCCC(=O)OCC.O=C(O)CC(=O)O. The lowest BCUT2D eigenvalue weighted by molar-refractivity contribution is -0.147. The molecule has 8 heteroatoms. The molecule has 0 radical (unpaired) electrons. The number of aliphatic carboxylic acids is 2. The zero-order valence-electron chi connectivity index (χ0n) is 12.3. The summed E-state index contributed by atoms with van der Waals surface area (Å²) < 4.78 is 9.48. The largest absolute Gasteiger partial charge is 0.481 e. The Bertz CT molecular complexity index is 305. The topological polar surface area (TPSA) is 127 Å². The van der Waals surface area contributed by atoms with Crippen LogP contribution in [0, 0.1) is 0 Å². The molecular formula is C13H22O8. The van der Waals surface area contributed by atoms with Gasteiger partial charge in [0.2, 0.25) is 0 Å². The summed E-state index contributed by atoms with van der Waals surface area (Å²) in [5.41, 5.74) is 0. The third-order valence-electron chi connectivity index (χ3n) is 1.92. The second kappa shape index (κ2) is 14.3. The van der Waals surface area contributed by atoms with Gasteiger partial charge >= 0.3 is 23.9 Å². The lowest BCUT2D eigenvalue weighted by Crippen LogP contribution is -2.06. The molecule has 0 aromatic carbocycles. The van der Waals surface area contributed by atoms with E-state index in [1.807, 2.05) is 0 Å². The number of unbranched alkanes of at least 4 members (excludes halogenated alkanes) is 1. The van der Waals surface area contributed by atoms with Gasteiger partial charge in [0.25, 0.3) is 0 Å². The molecule has 0 aromatic rings. The van der Waals surface area contributed by atoms with Crippen LogP contribution in [-0.2, 0) is 28.7 Å². The van der Waals surface area contributed by atoms with Crippen molar-refractivity contribution in [1.82, 2.24) is 0 Å². The highest BCUT2D eigenvalue weighted by molar-refractivity contribution is 5.88. The van der Waals surface area contributed by atoms with Crippen LogP contribution >= 0.6 is 0 Å². The number of carboxylic acids is 2. The first-order chi connectivity index (χ1) is 9.83. The van der Waals surface area contributed by atoms with Crippen molar-refractivity contribution in [1.29, 1.82) is 0 Å². The van der Waals surface area contributed by atoms with Gasteiger partial charge in [0.1, 0.15) is 6.42 Å². The van der Waals surface area contributed by atoms with Gasteiger partial charge in [-0.2, -0.15) is 0 Å². The summed E-state index contributed by atoms with van der Waals surface area (Å²) in [5, 5.41) is 15.4. The van der Waals surface area contributed by atoms with Crippen molar-refractivity contribution >= 4 is 23.9 Å². The molecule has 0 fully saturated rings. The maximum absolute atomic E-state index is 10.9. The number of ether oxygens (including phenoxy) is 2. The molecule has 122 valence electrons. The van der Waals surface area contributed by atoms with E-state index in [1.165, 1.54) is 0 Å². The van der Waals surface area contributed by atoms with E-state index in [-0.39, 0.29) is 11.9 Å². The minimum Gasteiger partial charge on any atom is -0.481 e. The Morgan fingerprint density at radius 2 is 1.10 bits per heavy atom. The van der Waals surface area contributed by atoms with Crippen molar-refractivity contribution in [2.75, 3.05) is 13.2 Å². The fraction of sp³-hybridized carbons (Fsp3) is 0.692. The Kier molecular flexibility index (Phi) is 14.4. The third kappa shape index (κ3) is 20.4. The molecule has 0 aliphatic rings. The van der Waals surface area contributed by atoms with E-state index >= 15 is 0 Å². The van der Waals surface area contributed by atoms with Gasteiger partial charge in [0.15, 0.2) is 0 Å². The van der Waals surface area contributed by atoms with Crippen molar-refractivity contribution in [3.05, 3.63) is 0 Å². The van der Waals surface area contributed by atoms with Crippen LogP contribution in [0.25, 0.3) is 0 Å². The van der Waals surface area contributed by atoms with Crippen molar-refractivity contribution in [3.8, 4) is 0 Å². The van der Waals surface area contributed by atoms with Crippen LogP contribution in [-0.4, -0.2) is 47.3 Å². The van der Waals surface area contributed by atoms with Crippen molar-refractivity contribution in [3.63, 3.8) is 0 Å². The minimum atomic E-state index is -1.31. The van der Waals surface area contributed by atoms with E-state index in [2.05, 4.69) is 0 Å². The maximum Gasteiger partial charge on any atom is 0.314 e. The molecule has 0 aliphatic heterocycles. The third-order valence-corrected chi connectivity index (χ3v) is 1.92. The summed E-state index contributed by atoms with van der Waals surface area (Å²) in [4.78, 5) is 40.6. The fourth-order valence-electron chi connectivity index (χ4n) is 1.13. The molecule has 0 bridgehead atoms. The first-order valence-electron chi connectivity index (χ1n) is 6.58. The first-order valence-corrected chi connectivity index (χ1v) is 6.58. The lowest BCUT2D eigenvalue weighted by Gasteiger charge is -2.02. The lowest BCUT2D eigenvalue weighted by atomic mass is 10.2. The molecule has 0 aliphatic carbocycles. The molecule has 0 rings (SSSR count). The summed E-state index contributed by atoms with van der Waals surface area (Å²) in [6.45, 7) is 4.38. The number of hydrogen-bond acceptors (Lipinski definition) is 6. The Morgan fingerprint density at radius 3 is 1.29 bits per heavy atom. The number of rotatable bonds is 9. The molecule has 0 aromatic heterocycles. The second-order valence-corrected chi connectivity index (χ2v) is 3.78. The van der Waals surface area contributed by atoms with Crippen LogP contribution in [0.15, 0.2) is 0 Å². The molecule has 0 atom stereocenters. The minimum absolute atomic E-state index is 0.198. The molecule has 0 amide bonds. The van der Waals surface area contributed by atoms with Crippen molar-refractivity contribution in [2.45, 2.75) is 46.0 Å². The Hall–Kier alpha value is -2.12. The van der Waals surface area contributed by atoms with Gasteiger partial charge in [-0.15, -0.1) is 0 Å². The van der Waals surface area contributed by atoms with Crippen LogP contribution in [0.5, 0.6) is 0 Å². The van der Waals surface area contributed by atoms with E-state index in [0.717, 1.165) is 0 Å². The molecule has 0 heterocycles. The van der Waals surface area contributed by atoms with Gasteiger partial charge in [0.05, 0.1) is 13.2 Å². The molecule has 0 saturated carbocycles. The van der Waals surface area contributed by atoms with Gasteiger partial charge in [-0.25, -0.2) is 0 Å². The number of esters is 2. The number of hydrogen-bond donors (Lipinski definition) is 2. The molecule has 0 spiro atoms. The average molecular weight is 306 g/mol. The van der Waals surface area contributed by atoms with Gasteiger partial charge < -0.3 is 19.7 Å². The van der Waals surface area contributed by atoms with Crippen LogP contribution in [0.4, 0.5) is 0 Å². The monoisotopic (exact) mass is 306 g/mol. The van der Waals surface area contributed by atoms with Crippen molar-refractivity contribution in [2.24, 2.45) is 0 Å². The molecular weight excluding hydrogens is 284 g/mol. The highest BCUT2D eigenvalue weighted by Gasteiger charge is 2.04. The number of carboxylic acid groups (broad SMARTS) is 2. The van der Waals surface area contributed by atoms with Crippen molar-refractivity contribution < 1.29 is 38.9 Å². The normalized spacial score (nSPS) is 9.05. The van der Waals surface area contributed by atoms with Gasteiger partial charge in [0, 0.05) is 12.8 Å². The zero-order chi connectivity index (χ0) is 16.7. The highest BCUT2D eigenvalue weighted by Crippen LogP contribution is 2.02. The molecule has 0 saturated heterocycles. The standard InChI is InChI=1S/C10H18O4.C3H4O4/c1-3-13-9(11)7-5-6-8-10(12)14-4-2;4-2(5)1-3(6)7/h3-8H2,1-2H3;1H2,(H,4,5)(H,6,7). The predicted octanol–water partition coefficient (Wildman–Crippen LogP) is 1.22. The highest BCUT2D eigenvalue weighted by atomic mass is 16.5. The van der Waals surface area contributed by atoms with Crippen LogP contribution in [0.1, 0.15) is 46.0 Å². The van der Waals surface area contributed by atoms with E-state index in [1.54, 1.807) is 13.8 Å². The van der Waals surface area contributed by atoms with Crippen LogP contribution in [0.3, 0.4) is 0 Å². The van der Waals surface area contributed by atoms with E-state index in [9.17, 15) is 19.2 Å². The molecule has 21 heavy (non-hydrogen) atoms.